The van der Waals surface area contributed by atoms with E-state index < -0.39 is 6.72 Å². The van der Waals surface area contributed by atoms with E-state index in [4.69, 9.17) is 13.9 Å². The van der Waals surface area contributed by atoms with E-state index in [2.05, 4.69) is 11.8 Å². The second kappa shape index (κ2) is 7.53. The Morgan fingerprint density at radius 1 is 1.30 bits per heavy atom. The second-order valence-corrected chi connectivity index (χ2v) is 4.14. The van der Waals surface area contributed by atoms with Crippen molar-refractivity contribution in [3.05, 3.63) is 0 Å². The minimum absolute atomic E-state index is 0. The molecule has 0 heterocycles. The van der Waals surface area contributed by atoms with E-state index in [1.165, 1.54) is 0 Å². The van der Waals surface area contributed by atoms with Gasteiger partial charge in [0.2, 0.25) is 0 Å². The van der Waals surface area contributed by atoms with E-state index in [0.717, 1.165) is 0 Å². The minimum atomic E-state index is -2.86. The first kappa shape index (κ1) is 14.4. The molecular formula is C4H11NdO3PS. The van der Waals surface area contributed by atoms with Gasteiger partial charge in [-0.15, -0.1) is 0 Å². The van der Waals surface area contributed by atoms with Gasteiger partial charge in [-0.1, -0.05) is 0 Å². The summed E-state index contributed by atoms with van der Waals surface area (Å²) < 4.78 is 9.46. The predicted octanol–water partition coefficient (Wildman–Crippen LogP) is 1.28. The molecule has 0 fully saturated rings. The zero-order valence-electron chi connectivity index (χ0n) is 6.03. The predicted molar refractivity (Wildman–Crippen MR) is 39.8 cm³/mol. The molecule has 0 unspecified atom stereocenters. The number of hydrogen-bond donors (Lipinski definition) is 1. The molecule has 0 aromatic carbocycles. The van der Waals surface area contributed by atoms with Gasteiger partial charge in [0.1, 0.15) is 0 Å². The van der Waals surface area contributed by atoms with Gasteiger partial charge in [0, 0.05) is 40.8 Å². The Labute approximate surface area is 99.3 Å². The Kier molecular flexibility index (Phi) is 10.8. The Morgan fingerprint density at radius 2 is 1.60 bits per heavy atom. The fourth-order valence-electron chi connectivity index (χ4n) is 0.364. The molecule has 0 bridgehead atoms. The van der Waals surface area contributed by atoms with Crippen molar-refractivity contribution in [1.82, 2.24) is 0 Å². The monoisotopic (exact) mass is 312 g/mol. The molecule has 6 heteroatoms. The summed E-state index contributed by atoms with van der Waals surface area (Å²) in [4.78, 5) is 9.00. The summed E-state index contributed by atoms with van der Waals surface area (Å²) in [5, 5.41) is 0. The van der Waals surface area contributed by atoms with Crippen molar-refractivity contribution in [3.63, 3.8) is 0 Å². The van der Waals surface area contributed by atoms with Crippen LogP contribution in [0.2, 0.25) is 0 Å². The van der Waals surface area contributed by atoms with E-state index in [-0.39, 0.29) is 40.8 Å². The zero-order chi connectivity index (χ0) is 7.33. The van der Waals surface area contributed by atoms with Gasteiger partial charge >= 0.3 is 6.72 Å². The molecule has 60 valence electrons. The summed E-state index contributed by atoms with van der Waals surface area (Å²) in [7, 11) is 0. The van der Waals surface area contributed by atoms with Crippen molar-refractivity contribution >= 4 is 18.5 Å². The van der Waals surface area contributed by atoms with Crippen LogP contribution in [0.25, 0.3) is 0 Å². The maximum atomic E-state index is 9.00. The average molecular weight is 314 g/mol. The van der Waals surface area contributed by atoms with Crippen molar-refractivity contribution < 1.29 is 54.8 Å². The van der Waals surface area contributed by atoms with Crippen molar-refractivity contribution in [2.45, 2.75) is 13.8 Å². The zero-order valence-corrected chi connectivity index (χ0v) is 11.0. The van der Waals surface area contributed by atoms with Crippen LogP contribution in [0.1, 0.15) is 13.8 Å². The van der Waals surface area contributed by atoms with Crippen LogP contribution in [0.4, 0.5) is 0 Å². The van der Waals surface area contributed by atoms with Crippen molar-refractivity contribution in [1.29, 1.82) is 0 Å². The van der Waals surface area contributed by atoms with Gasteiger partial charge in [-0.05, 0) is 25.7 Å². The van der Waals surface area contributed by atoms with Crippen LogP contribution in [0.15, 0.2) is 0 Å². The van der Waals surface area contributed by atoms with E-state index in [1.807, 2.05) is 0 Å². The van der Waals surface area contributed by atoms with Gasteiger partial charge < -0.3 is 13.9 Å². The van der Waals surface area contributed by atoms with Crippen LogP contribution in [0, 0.1) is 40.8 Å². The van der Waals surface area contributed by atoms with E-state index >= 15 is 0 Å². The molecule has 0 rings (SSSR count). The summed E-state index contributed by atoms with van der Waals surface area (Å²) in [5.41, 5.74) is 0. The fourth-order valence-corrected chi connectivity index (χ4v) is 1.72. The van der Waals surface area contributed by atoms with Crippen LogP contribution in [-0.4, -0.2) is 18.1 Å². The van der Waals surface area contributed by atoms with Gasteiger partial charge in [0.05, 0.1) is 13.2 Å². The maximum absolute atomic E-state index is 9.00. The molecule has 0 atom stereocenters. The third-order valence-corrected chi connectivity index (χ3v) is 2.39. The summed E-state index contributed by atoms with van der Waals surface area (Å²) in [6.45, 7) is 1.45. The minimum Gasteiger partial charge on any atom is -0.324 e. The smallest absolute Gasteiger partial charge is 0.324 e. The second-order valence-electron chi connectivity index (χ2n) is 1.30. The van der Waals surface area contributed by atoms with E-state index in [1.54, 1.807) is 13.8 Å². The van der Waals surface area contributed by atoms with Gasteiger partial charge in [-0.2, -0.15) is 0 Å². The molecule has 0 saturated heterocycles. The molecule has 0 aromatic heterocycles. The summed E-state index contributed by atoms with van der Waals surface area (Å²) in [6, 6.07) is 0. The first-order valence-corrected chi connectivity index (χ1v) is 5.33. The third kappa shape index (κ3) is 7.98. The van der Waals surface area contributed by atoms with Gasteiger partial charge in [0.15, 0.2) is 0 Å². The molecule has 0 aliphatic rings. The molecule has 0 aliphatic heterocycles. The third-order valence-electron chi connectivity index (χ3n) is 0.584. The summed E-state index contributed by atoms with van der Waals surface area (Å²) in [5.74, 6) is 0. The Balaban J connectivity index is 0. The van der Waals surface area contributed by atoms with Gasteiger partial charge in [-0.3, -0.25) is 0 Å². The summed E-state index contributed by atoms with van der Waals surface area (Å²) in [6.07, 6.45) is 0. The van der Waals surface area contributed by atoms with Crippen LogP contribution >= 0.6 is 6.72 Å². The van der Waals surface area contributed by atoms with Gasteiger partial charge in [-0.25, -0.2) is 0 Å². The molecule has 0 saturated carbocycles. The quantitative estimate of drug-likeness (QED) is 0.794. The number of rotatable bonds is 4. The molecule has 0 aliphatic carbocycles. The first-order chi connectivity index (χ1) is 4.12. The largest absolute Gasteiger partial charge is 0.324 e. The molecule has 0 amide bonds. The molecule has 10 heavy (non-hydrogen) atoms. The molecule has 3 nitrogen and oxygen atoms in total. The molecule has 0 radical (unpaired) electrons. The summed E-state index contributed by atoms with van der Waals surface area (Å²) >= 11 is 4.56. The SMILES string of the molecule is CCOP(O)(=S)OCC.[Nd]. The fraction of sp³-hybridized carbons (Fsp3) is 1.00. The first-order valence-electron chi connectivity index (χ1n) is 2.74. The maximum Gasteiger partial charge on any atom is 0.324 e. The topological polar surface area (TPSA) is 38.7 Å². The van der Waals surface area contributed by atoms with Gasteiger partial charge in [0.25, 0.3) is 0 Å². The Bertz CT molecular complexity index is 111. The normalized spacial score (nSPS) is 10.7. The van der Waals surface area contributed by atoms with Crippen LogP contribution < -0.4 is 0 Å². The number of hydrogen-bond acceptors (Lipinski definition) is 3. The molecule has 1 N–H and O–H groups in total. The molecule has 0 aromatic rings. The van der Waals surface area contributed by atoms with E-state index in [9.17, 15) is 0 Å². The van der Waals surface area contributed by atoms with Crippen LogP contribution in [-0.2, 0) is 20.9 Å². The van der Waals surface area contributed by atoms with Crippen LogP contribution in [0.3, 0.4) is 0 Å². The van der Waals surface area contributed by atoms with E-state index in [0.29, 0.717) is 13.2 Å². The van der Waals surface area contributed by atoms with Crippen molar-refractivity contribution in [2.75, 3.05) is 13.2 Å². The molecular weight excluding hydrogens is 303 g/mol. The standard InChI is InChI=1S/C4H11O3PS.Nd/c1-3-6-8(5,9)7-4-2;/h3-4H2,1-2H3,(H,5,9);. The average Bonchev–Trinajstić information content (AvgIpc) is 1.64. The van der Waals surface area contributed by atoms with Crippen molar-refractivity contribution in [3.8, 4) is 0 Å². The Hall–Kier alpha value is 1.88. The Morgan fingerprint density at radius 3 is 1.80 bits per heavy atom. The molecule has 0 spiro atoms. The van der Waals surface area contributed by atoms with Crippen molar-refractivity contribution in [2.24, 2.45) is 0 Å². The van der Waals surface area contributed by atoms with Crippen LogP contribution in [0.5, 0.6) is 0 Å².